The Labute approximate surface area is 140 Å². The fourth-order valence-corrected chi connectivity index (χ4v) is 2.85. The number of nitrogens with zero attached hydrogens (tertiary/aromatic N) is 3. The molecule has 0 fully saturated rings. The number of hydrogen-bond acceptors (Lipinski definition) is 7. The number of aromatic amines is 1. The van der Waals surface area contributed by atoms with Gasteiger partial charge < -0.3 is 4.98 Å². The second-order valence-corrected chi connectivity index (χ2v) is 5.65. The van der Waals surface area contributed by atoms with Gasteiger partial charge >= 0.3 is 6.18 Å². The molecule has 2 aromatic rings. The van der Waals surface area contributed by atoms with Crippen LogP contribution in [0.4, 0.5) is 24.5 Å². The van der Waals surface area contributed by atoms with Crippen LogP contribution in [0.3, 0.4) is 0 Å². The van der Waals surface area contributed by atoms with E-state index in [0.717, 1.165) is 6.07 Å². The van der Waals surface area contributed by atoms with Crippen molar-refractivity contribution in [1.82, 2.24) is 9.97 Å². The molecule has 13 heteroatoms. The predicted molar refractivity (Wildman–Crippen MR) is 78.5 cm³/mol. The molecule has 0 atom stereocenters. The fraction of sp³-hybridized carbons (Fsp3) is 0.167. The van der Waals surface area contributed by atoms with Crippen molar-refractivity contribution in [3.8, 4) is 0 Å². The van der Waals surface area contributed by atoms with E-state index in [0.29, 0.717) is 11.8 Å². The summed E-state index contributed by atoms with van der Waals surface area (Å²) in [6, 6.07) is 1.51. The standard InChI is InChI=1S/C12H7F3N4O5S/c1-5-2-9(20)17-11(16-5)25-10-7(18(21)22)3-6(12(13,14)15)4-8(10)19(23)24/h2-4H,1H3,(H,16,17,20). The topological polar surface area (TPSA) is 132 Å². The Bertz CT molecular complexity index is 893. The lowest BCUT2D eigenvalue weighted by molar-refractivity contribution is -0.400. The molecule has 132 valence electrons. The first-order valence-electron chi connectivity index (χ1n) is 6.29. The monoisotopic (exact) mass is 376 g/mol. The molecule has 0 aliphatic rings. The summed E-state index contributed by atoms with van der Waals surface area (Å²) >= 11 is 0.328. The van der Waals surface area contributed by atoms with Crippen molar-refractivity contribution in [3.63, 3.8) is 0 Å². The maximum atomic E-state index is 12.8. The van der Waals surface area contributed by atoms with Gasteiger partial charge in [-0.25, -0.2) is 4.98 Å². The number of benzene rings is 1. The Hall–Kier alpha value is -2.96. The van der Waals surface area contributed by atoms with E-state index in [4.69, 9.17) is 0 Å². The highest BCUT2D eigenvalue weighted by molar-refractivity contribution is 7.99. The highest BCUT2D eigenvalue weighted by Gasteiger charge is 2.38. The van der Waals surface area contributed by atoms with Crippen LogP contribution in [0, 0.1) is 27.2 Å². The largest absolute Gasteiger partial charge is 0.416 e. The van der Waals surface area contributed by atoms with E-state index >= 15 is 0 Å². The molecule has 0 saturated carbocycles. The summed E-state index contributed by atoms with van der Waals surface area (Å²) in [6.45, 7) is 1.44. The molecule has 0 saturated heterocycles. The number of rotatable bonds is 4. The van der Waals surface area contributed by atoms with Gasteiger partial charge in [-0.3, -0.25) is 25.0 Å². The minimum atomic E-state index is -5.01. The highest BCUT2D eigenvalue weighted by Crippen LogP contribution is 2.44. The number of alkyl halides is 3. The number of nitro benzene ring substituents is 2. The van der Waals surface area contributed by atoms with Crippen LogP contribution in [0.15, 0.2) is 33.0 Å². The zero-order valence-corrected chi connectivity index (χ0v) is 13.0. The zero-order chi connectivity index (χ0) is 18.9. The van der Waals surface area contributed by atoms with Gasteiger partial charge in [-0.1, -0.05) is 0 Å². The smallest absolute Gasteiger partial charge is 0.301 e. The summed E-state index contributed by atoms with van der Waals surface area (Å²) in [5, 5.41) is 22.0. The van der Waals surface area contributed by atoms with Crippen LogP contribution in [0.5, 0.6) is 0 Å². The lowest BCUT2D eigenvalue weighted by Crippen LogP contribution is -2.10. The van der Waals surface area contributed by atoms with Gasteiger partial charge in [-0.05, 0) is 18.7 Å². The van der Waals surface area contributed by atoms with Crippen LogP contribution in [-0.4, -0.2) is 19.8 Å². The third-order valence-corrected chi connectivity index (χ3v) is 3.83. The quantitative estimate of drug-likeness (QED) is 0.492. The van der Waals surface area contributed by atoms with E-state index in [1.807, 2.05) is 0 Å². The predicted octanol–water partition coefficient (Wildman–Crippen LogP) is 3.06. The molecular formula is C12H7F3N4O5S. The van der Waals surface area contributed by atoms with Crippen LogP contribution in [-0.2, 0) is 6.18 Å². The third-order valence-electron chi connectivity index (χ3n) is 2.82. The summed E-state index contributed by atoms with van der Waals surface area (Å²) in [5.74, 6) is 0. The Morgan fingerprint density at radius 3 is 2.04 bits per heavy atom. The molecular weight excluding hydrogens is 369 g/mol. The van der Waals surface area contributed by atoms with Crippen molar-refractivity contribution in [2.75, 3.05) is 0 Å². The van der Waals surface area contributed by atoms with E-state index in [-0.39, 0.29) is 23.0 Å². The third kappa shape index (κ3) is 4.12. The number of H-pyrrole nitrogens is 1. The first-order valence-corrected chi connectivity index (χ1v) is 7.10. The van der Waals surface area contributed by atoms with E-state index in [9.17, 15) is 38.2 Å². The lowest BCUT2D eigenvalue weighted by Gasteiger charge is -2.09. The first kappa shape index (κ1) is 18.4. The normalized spacial score (nSPS) is 11.4. The summed E-state index contributed by atoms with van der Waals surface area (Å²) in [7, 11) is 0. The van der Waals surface area contributed by atoms with Gasteiger partial charge in [0.25, 0.3) is 16.9 Å². The molecule has 0 aliphatic carbocycles. The lowest BCUT2D eigenvalue weighted by atomic mass is 10.1. The number of halogens is 3. The van der Waals surface area contributed by atoms with Gasteiger partial charge in [-0.2, -0.15) is 13.2 Å². The van der Waals surface area contributed by atoms with Gasteiger partial charge in [0.15, 0.2) is 10.1 Å². The van der Waals surface area contributed by atoms with Gasteiger partial charge in [0, 0.05) is 23.9 Å². The summed E-state index contributed by atoms with van der Waals surface area (Å²) in [4.78, 5) is 36.7. The molecule has 1 aromatic heterocycles. The SMILES string of the molecule is Cc1cc(=O)[nH]c(Sc2c([N+](=O)[O-])cc(C(F)(F)F)cc2[N+](=O)[O-])n1. The maximum absolute atomic E-state index is 12.8. The van der Waals surface area contributed by atoms with Crippen molar-refractivity contribution >= 4 is 23.1 Å². The molecule has 0 spiro atoms. The Morgan fingerprint density at radius 2 is 1.64 bits per heavy atom. The second kappa shape index (κ2) is 6.51. The number of nitrogens with one attached hydrogen (secondary N) is 1. The van der Waals surface area contributed by atoms with E-state index in [1.54, 1.807) is 0 Å². The Morgan fingerprint density at radius 1 is 1.12 bits per heavy atom. The van der Waals surface area contributed by atoms with Crippen molar-refractivity contribution in [2.24, 2.45) is 0 Å². The molecule has 0 unspecified atom stereocenters. The minimum Gasteiger partial charge on any atom is -0.301 e. The van der Waals surface area contributed by atoms with Crippen LogP contribution in [0.2, 0.25) is 0 Å². The molecule has 1 N–H and O–H groups in total. The average molecular weight is 376 g/mol. The molecule has 1 heterocycles. The summed E-state index contributed by atoms with van der Waals surface area (Å²) in [5.41, 5.74) is -4.15. The second-order valence-electron chi connectivity index (χ2n) is 4.65. The number of aryl methyl sites for hydroxylation is 1. The fourth-order valence-electron chi connectivity index (χ4n) is 1.83. The molecule has 0 amide bonds. The molecule has 0 bridgehead atoms. The van der Waals surface area contributed by atoms with Crippen LogP contribution >= 0.6 is 11.8 Å². The first-order chi connectivity index (χ1) is 11.5. The highest BCUT2D eigenvalue weighted by atomic mass is 32.2. The van der Waals surface area contributed by atoms with E-state index < -0.39 is 43.4 Å². The maximum Gasteiger partial charge on any atom is 0.416 e. The zero-order valence-electron chi connectivity index (χ0n) is 12.2. The molecule has 9 nitrogen and oxygen atoms in total. The van der Waals surface area contributed by atoms with Gasteiger partial charge in [0.05, 0.1) is 15.4 Å². The minimum absolute atomic E-state index is 0.198. The molecule has 1 aromatic carbocycles. The van der Waals surface area contributed by atoms with E-state index in [2.05, 4.69) is 9.97 Å². The molecule has 2 rings (SSSR count). The Balaban J connectivity index is 2.72. The summed E-state index contributed by atoms with van der Waals surface area (Å²) in [6.07, 6.45) is -5.01. The van der Waals surface area contributed by atoms with Crippen molar-refractivity contribution in [1.29, 1.82) is 0 Å². The molecule has 0 aliphatic heterocycles. The van der Waals surface area contributed by atoms with Crippen LogP contribution in [0.25, 0.3) is 0 Å². The van der Waals surface area contributed by atoms with E-state index in [1.165, 1.54) is 6.92 Å². The number of aromatic nitrogens is 2. The van der Waals surface area contributed by atoms with Gasteiger partial charge in [0.2, 0.25) is 0 Å². The van der Waals surface area contributed by atoms with Gasteiger partial charge in [-0.15, -0.1) is 0 Å². The number of hydrogen-bond donors (Lipinski definition) is 1. The van der Waals surface area contributed by atoms with Crippen molar-refractivity contribution < 1.29 is 23.0 Å². The summed E-state index contributed by atoms with van der Waals surface area (Å²) < 4.78 is 38.5. The molecule has 25 heavy (non-hydrogen) atoms. The Kier molecular flexibility index (Phi) is 4.78. The van der Waals surface area contributed by atoms with Crippen molar-refractivity contribution in [3.05, 3.63) is 60.0 Å². The van der Waals surface area contributed by atoms with Crippen LogP contribution < -0.4 is 5.56 Å². The molecule has 0 radical (unpaired) electrons. The van der Waals surface area contributed by atoms with Gasteiger partial charge in [0.1, 0.15) is 0 Å². The average Bonchev–Trinajstić information content (AvgIpc) is 2.44. The van der Waals surface area contributed by atoms with Crippen molar-refractivity contribution in [2.45, 2.75) is 23.2 Å². The van der Waals surface area contributed by atoms with Crippen LogP contribution in [0.1, 0.15) is 11.3 Å². The number of nitro groups is 2.